The lowest BCUT2D eigenvalue weighted by atomic mass is 10.0. The summed E-state index contributed by atoms with van der Waals surface area (Å²) in [5, 5.41) is 6.92. The normalized spacial score (nSPS) is 10.7. The molecule has 0 saturated heterocycles. The zero-order valence-electron chi connectivity index (χ0n) is 18.0. The molecule has 0 atom stereocenters. The fourth-order valence-electron chi connectivity index (χ4n) is 3.33. The van der Waals surface area contributed by atoms with Crippen LogP contribution in [0, 0.1) is 6.92 Å². The Hall–Kier alpha value is -4.00. The van der Waals surface area contributed by atoms with Gasteiger partial charge in [-0.3, -0.25) is 4.79 Å². The third-order valence-electron chi connectivity index (χ3n) is 4.92. The Morgan fingerprint density at radius 1 is 1.06 bits per heavy atom. The monoisotopic (exact) mass is 428 g/mol. The van der Waals surface area contributed by atoms with Crippen LogP contribution in [0.15, 0.2) is 71.6 Å². The van der Waals surface area contributed by atoms with Crippen LogP contribution < -0.4 is 10.1 Å². The average molecular weight is 428 g/mol. The summed E-state index contributed by atoms with van der Waals surface area (Å²) < 4.78 is 10.8. The molecule has 0 aliphatic carbocycles. The fraction of sp³-hybridized carbons (Fsp3) is 0.200. The summed E-state index contributed by atoms with van der Waals surface area (Å²) >= 11 is 0. The molecule has 7 heteroatoms. The van der Waals surface area contributed by atoms with Gasteiger partial charge in [0.05, 0.1) is 30.0 Å². The van der Waals surface area contributed by atoms with Crippen LogP contribution in [0.25, 0.3) is 22.6 Å². The van der Waals surface area contributed by atoms with Gasteiger partial charge < -0.3 is 14.6 Å². The molecule has 2 heterocycles. The number of benzene rings is 2. The minimum atomic E-state index is -0.0305. The fourth-order valence-corrected chi connectivity index (χ4v) is 3.33. The van der Waals surface area contributed by atoms with Crippen LogP contribution in [0.2, 0.25) is 0 Å². The Morgan fingerprint density at radius 2 is 1.81 bits per heavy atom. The highest BCUT2D eigenvalue weighted by Crippen LogP contribution is 2.30. The Kier molecular flexibility index (Phi) is 6.55. The summed E-state index contributed by atoms with van der Waals surface area (Å²) in [5.74, 6) is 1.41. The maximum atomic E-state index is 12.3. The molecule has 7 nitrogen and oxygen atoms in total. The second-order valence-corrected chi connectivity index (χ2v) is 7.34. The molecule has 0 unspecified atom stereocenters. The number of amides is 1. The number of hydrogen-bond donors (Lipinski definition) is 1. The first-order valence-corrected chi connectivity index (χ1v) is 10.4. The molecule has 0 aliphatic rings. The van der Waals surface area contributed by atoms with E-state index in [1.807, 2.05) is 68.4 Å². The molecular formula is C25H24N4O3. The molecule has 4 aromatic rings. The van der Waals surface area contributed by atoms with Gasteiger partial charge in [-0.05, 0) is 37.1 Å². The van der Waals surface area contributed by atoms with Crippen LogP contribution >= 0.6 is 0 Å². The summed E-state index contributed by atoms with van der Waals surface area (Å²) in [5.41, 5.74) is 5.22. The van der Waals surface area contributed by atoms with Crippen LogP contribution in [-0.2, 0) is 17.8 Å². The lowest BCUT2D eigenvalue weighted by Gasteiger charge is -2.09. The molecule has 2 aromatic carbocycles. The summed E-state index contributed by atoms with van der Waals surface area (Å²) in [7, 11) is 0. The molecule has 0 bridgehead atoms. The molecular weight excluding hydrogens is 404 g/mol. The van der Waals surface area contributed by atoms with Gasteiger partial charge in [-0.1, -0.05) is 41.6 Å². The van der Waals surface area contributed by atoms with Crippen LogP contribution in [0.3, 0.4) is 0 Å². The second kappa shape index (κ2) is 9.87. The van der Waals surface area contributed by atoms with Gasteiger partial charge in [-0.2, -0.15) is 0 Å². The topological polar surface area (TPSA) is 90.1 Å². The van der Waals surface area contributed by atoms with Gasteiger partial charge >= 0.3 is 0 Å². The maximum absolute atomic E-state index is 12.3. The molecule has 0 spiro atoms. The summed E-state index contributed by atoms with van der Waals surface area (Å²) in [6, 6.07) is 17.3. The van der Waals surface area contributed by atoms with Gasteiger partial charge in [-0.25, -0.2) is 9.97 Å². The lowest BCUT2D eigenvalue weighted by molar-refractivity contribution is -0.120. The van der Waals surface area contributed by atoms with Crippen molar-refractivity contribution in [2.45, 2.75) is 26.8 Å². The van der Waals surface area contributed by atoms with Crippen molar-refractivity contribution in [3.8, 4) is 28.3 Å². The minimum Gasteiger partial charge on any atom is -0.494 e. The van der Waals surface area contributed by atoms with Gasteiger partial charge in [0.15, 0.2) is 5.76 Å². The van der Waals surface area contributed by atoms with Crippen molar-refractivity contribution in [2.75, 3.05) is 6.61 Å². The SMILES string of the molecule is CCOc1ccc(CC(=O)NCc2ccc(-c3ncncc3-c3cc(C)no3)cc2)cc1. The number of aromatic nitrogens is 3. The lowest BCUT2D eigenvalue weighted by Crippen LogP contribution is -2.24. The van der Waals surface area contributed by atoms with Crippen molar-refractivity contribution in [1.82, 2.24) is 20.4 Å². The summed E-state index contributed by atoms with van der Waals surface area (Å²) in [4.78, 5) is 20.9. The number of nitrogens with one attached hydrogen (secondary N) is 1. The van der Waals surface area contributed by atoms with E-state index in [4.69, 9.17) is 9.26 Å². The largest absolute Gasteiger partial charge is 0.494 e. The molecule has 2 aromatic heterocycles. The van der Waals surface area contributed by atoms with E-state index in [0.717, 1.165) is 39.4 Å². The van der Waals surface area contributed by atoms with Crippen molar-refractivity contribution in [1.29, 1.82) is 0 Å². The summed E-state index contributed by atoms with van der Waals surface area (Å²) in [6.45, 7) is 4.89. The van der Waals surface area contributed by atoms with Crippen molar-refractivity contribution < 1.29 is 14.1 Å². The Labute approximate surface area is 186 Å². The number of hydrogen-bond acceptors (Lipinski definition) is 6. The van der Waals surface area contributed by atoms with E-state index in [0.29, 0.717) is 25.3 Å². The smallest absolute Gasteiger partial charge is 0.224 e. The molecule has 4 rings (SSSR count). The van der Waals surface area contributed by atoms with E-state index >= 15 is 0 Å². The van der Waals surface area contributed by atoms with E-state index in [9.17, 15) is 4.79 Å². The zero-order valence-corrected chi connectivity index (χ0v) is 18.0. The van der Waals surface area contributed by atoms with Crippen molar-refractivity contribution >= 4 is 5.91 Å². The molecule has 1 amide bonds. The number of ether oxygens (including phenoxy) is 1. The van der Waals surface area contributed by atoms with E-state index < -0.39 is 0 Å². The van der Waals surface area contributed by atoms with Crippen molar-refractivity contribution in [2.24, 2.45) is 0 Å². The predicted octanol–water partition coefficient (Wildman–Crippen LogP) is 4.36. The second-order valence-electron chi connectivity index (χ2n) is 7.34. The zero-order chi connectivity index (χ0) is 22.3. The van der Waals surface area contributed by atoms with Crippen LogP contribution in [0.4, 0.5) is 0 Å². The summed E-state index contributed by atoms with van der Waals surface area (Å²) in [6.07, 6.45) is 3.56. The van der Waals surface area contributed by atoms with Gasteiger partial charge in [0, 0.05) is 24.4 Å². The Morgan fingerprint density at radius 3 is 2.50 bits per heavy atom. The maximum Gasteiger partial charge on any atom is 0.224 e. The first-order chi connectivity index (χ1) is 15.6. The quantitative estimate of drug-likeness (QED) is 0.448. The highest BCUT2D eigenvalue weighted by Gasteiger charge is 2.13. The molecule has 1 N–H and O–H groups in total. The Balaban J connectivity index is 1.38. The number of carbonyl (C=O) groups excluding carboxylic acids is 1. The number of carbonyl (C=O) groups is 1. The molecule has 162 valence electrons. The van der Waals surface area contributed by atoms with E-state index in [1.54, 1.807) is 6.20 Å². The van der Waals surface area contributed by atoms with E-state index in [-0.39, 0.29) is 5.91 Å². The predicted molar refractivity (Wildman–Crippen MR) is 121 cm³/mol. The molecule has 0 radical (unpaired) electrons. The number of rotatable bonds is 8. The van der Waals surface area contributed by atoms with Crippen LogP contribution in [0.1, 0.15) is 23.7 Å². The first kappa shape index (κ1) is 21.2. The third-order valence-corrected chi connectivity index (χ3v) is 4.92. The van der Waals surface area contributed by atoms with Gasteiger partial charge in [0.2, 0.25) is 5.91 Å². The third kappa shape index (κ3) is 5.18. The van der Waals surface area contributed by atoms with Gasteiger partial charge in [0.1, 0.15) is 12.1 Å². The molecule has 32 heavy (non-hydrogen) atoms. The standard InChI is InChI=1S/C25H24N4O3/c1-3-31-21-10-6-18(7-11-21)13-24(30)27-14-19-4-8-20(9-5-19)25-22(15-26-16-28-25)23-12-17(2)29-32-23/h4-12,15-16H,3,13-14H2,1-2H3,(H,27,30). The number of aryl methyl sites for hydroxylation is 1. The van der Waals surface area contributed by atoms with E-state index in [2.05, 4.69) is 20.4 Å². The molecule has 0 aliphatic heterocycles. The Bertz CT molecular complexity index is 1180. The van der Waals surface area contributed by atoms with Crippen LogP contribution in [0.5, 0.6) is 5.75 Å². The van der Waals surface area contributed by atoms with E-state index in [1.165, 1.54) is 6.33 Å². The molecule has 0 saturated carbocycles. The highest BCUT2D eigenvalue weighted by atomic mass is 16.5. The highest BCUT2D eigenvalue weighted by molar-refractivity contribution is 5.79. The minimum absolute atomic E-state index is 0.0305. The number of nitrogens with zero attached hydrogens (tertiary/aromatic N) is 3. The first-order valence-electron chi connectivity index (χ1n) is 10.4. The van der Waals surface area contributed by atoms with Gasteiger partial charge in [-0.15, -0.1) is 0 Å². The molecule has 0 fully saturated rings. The van der Waals surface area contributed by atoms with Gasteiger partial charge in [0.25, 0.3) is 0 Å². The average Bonchev–Trinajstić information content (AvgIpc) is 3.26. The van der Waals surface area contributed by atoms with Crippen LogP contribution in [-0.4, -0.2) is 27.6 Å². The van der Waals surface area contributed by atoms with Crippen molar-refractivity contribution in [3.63, 3.8) is 0 Å². The van der Waals surface area contributed by atoms with Crippen molar-refractivity contribution in [3.05, 3.63) is 83.9 Å².